The summed E-state index contributed by atoms with van der Waals surface area (Å²) in [5.74, 6) is -2.40. The minimum atomic E-state index is -1.23. The molecule has 0 spiro atoms. The van der Waals surface area contributed by atoms with Gasteiger partial charge in [0.15, 0.2) is 5.78 Å². The summed E-state index contributed by atoms with van der Waals surface area (Å²) >= 11 is 9.06. The van der Waals surface area contributed by atoms with E-state index in [1.807, 2.05) is 6.07 Å². The van der Waals surface area contributed by atoms with E-state index in [0.29, 0.717) is 11.1 Å². The zero-order chi connectivity index (χ0) is 15.6. The number of carbonyl (C=O) groups is 1. The van der Waals surface area contributed by atoms with E-state index < -0.39 is 17.5 Å². The number of benzene rings is 2. The Balaban J connectivity index is 2.52. The Morgan fingerprint density at radius 3 is 2.67 bits per heavy atom. The highest BCUT2D eigenvalue weighted by atomic mass is 79.9. The van der Waals surface area contributed by atoms with Gasteiger partial charge < -0.3 is 0 Å². The van der Waals surface area contributed by atoms with Crippen molar-refractivity contribution in [3.63, 3.8) is 0 Å². The van der Waals surface area contributed by atoms with Crippen LogP contribution < -0.4 is 0 Å². The zero-order valence-corrected chi connectivity index (χ0v) is 13.4. The molecule has 106 valence electrons. The van der Waals surface area contributed by atoms with Crippen LogP contribution in [0, 0.1) is 24.1 Å². The van der Waals surface area contributed by atoms with E-state index in [4.69, 9.17) is 11.6 Å². The number of hydrogen-bond acceptors (Lipinski definition) is 2. The van der Waals surface area contributed by atoms with E-state index in [1.54, 1.807) is 25.1 Å². The molecular formula is C16H10BrClFNO. The molecule has 0 fully saturated rings. The number of carbonyl (C=O) groups excluding carboxylic acids is 1. The van der Waals surface area contributed by atoms with Gasteiger partial charge in [-0.3, -0.25) is 4.79 Å². The zero-order valence-electron chi connectivity index (χ0n) is 11.0. The van der Waals surface area contributed by atoms with Crippen LogP contribution in [0.1, 0.15) is 27.4 Å². The number of Topliss-reactive ketones (excluding diaryl/α,β-unsaturated/α-hetero) is 1. The summed E-state index contributed by atoms with van der Waals surface area (Å²) in [6.07, 6.45) is 0. The van der Waals surface area contributed by atoms with Crippen LogP contribution in [0.15, 0.2) is 40.9 Å². The number of nitriles is 1. The van der Waals surface area contributed by atoms with Crippen molar-refractivity contribution in [3.05, 3.63) is 68.4 Å². The van der Waals surface area contributed by atoms with Crippen LogP contribution in [0.4, 0.5) is 4.39 Å². The van der Waals surface area contributed by atoms with Gasteiger partial charge in [0.25, 0.3) is 0 Å². The van der Waals surface area contributed by atoms with Gasteiger partial charge >= 0.3 is 0 Å². The molecule has 21 heavy (non-hydrogen) atoms. The number of nitrogens with zero attached hydrogens (tertiary/aromatic N) is 1. The summed E-state index contributed by atoms with van der Waals surface area (Å²) in [7, 11) is 0. The molecule has 0 N–H and O–H groups in total. The first-order valence-electron chi connectivity index (χ1n) is 6.10. The van der Waals surface area contributed by atoms with Crippen LogP contribution in [0.25, 0.3) is 0 Å². The van der Waals surface area contributed by atoms with E-state index in [2.05, 4.69) is 15.9 Å². The second-order valence-electron chi connectivity index (χ2n) is 4.48. The van der Waals surface area contributed by atoms with Crippen molar-refractivity contribution < 1.29 is 9.18 Å². The standard InChI is InChI=1S/C16H10BrClFNO/c1-9-10(4-2-6-13(9)17)16(21)12(8-20)11-5-3-7-14(18)15(11)19/h2-7,12H,1H3. The molecule has 0 saturated carbocycles. The van der Waals surface area contributed by atoms with E-state index >= 15 is 0 Å². The first-order chi connectivity index (χ1) is 9.97. The number of hydrogen-bond donors (Lipinski definition) is 0. The molecule has 1 unspecified atom stereocenters. The number of halogens is 3. The maximum Gasteiger partial charge on any atom is 0.184 e. The van der Waals surface area contributed by atoms with Crippen LogP contribution in [-0.4, -0.2) is 5.78 Å². The predicted molar refractivity (Wildman–Crippen MR) is 83.0 cm³/mol. The van der Waals surface area contributed by atoms with E-state index in [-0.39, 0.29) is 10.6 Å². The van der Waals surface area contributed by atoms with Crippen LogP contribution in [-0.2, 0) is 0 Å². The highest BCUT2D eigenvalue weighted by Crippen LogP contribution is 2.29. The van der Waals surface area contributed by atoms with Gasteiger partial charge in [-0.1, -0.05) is 51.8 Å². The van der Waals surface area contributed by atoms with Crippen molar-refractivity contribution in [2.24, 2.45) is 0 Å². The van der Waals surface area contributed by atoms with Gasteiger partial charge in [-0.25, -0.2) is 4.39 Å². The highest BCUT2D eigenvalue weighted by Gasteiger charge is 2.27. The summed E-state index contributed by atoms with van der Waals surface area (Å²) in [6.45, 7) is 1.76. The fourth-order valence-electron chi connectivity index (χ4n) is 2.04. The minimum Gasteiger partial charge on any atom is -0.292 e. The molecule has 2 aromatic rings. The molecule has 2 aromatic carbocycles. The topological polar surface area (TPSA) is 40.9 Å². The van der Waals surface area contributed by atoms with Crippen molar-refractivity contribution in [3.8, 4) is 6.07 Å². The van der Waals surface area contributed by atoms with Crippen molar-refractivity contribution in [1.29, 1.82) is 5.26 Å². The van der Waals surface area contributed by atoms with Crippen LogP contribution in [0.5, 0.6) is 0 Å². The molecule has 1 atom stereocenters. The third-order valence-electron chi connectivity index (χ3n) is 3.22. The third kappa shape index (κ3) is 2.99. The average molecular weight is 367 g/mol. The van der Waals surface area contributed by atoms with Crippen molar-refractivity contribution in [2.75, 3.05) is 0 Å². The fourth-order valence-corrected chi connectivity index (χ4v) is 2.59. The molecule has 0 aliphatic heterocycles. The second kappa shape index (κ2) is 6.38. The third-order valence-corrected chi connectivity index (χ3v) is 4.37. The maximum absolute atomic E-state index is 14.1. The molecule has 2 rings (SSSR count). The lowest BCUT2D eigenvalue weighted by Gasteiger charge is -2.13. The largest absolute Gasteiger partial charge is 0.292 e. The first kappa shape index (κ1) is 15.7. The van der Waals surface area contributed by atoms with Crippen molar-refractivity contribution in [2.45, 2.75) is 12.8 Å². The smallest absolute Gasteiger partial charge is 0.184 e. The van der Waals surface area contributed by atoms with Gasteiger partial charge in [0, 0.05) is 15.6 Å². The lowest BCUT2D eigenvalue weighted by Crippen LogP contribution is -2.14. The lowest BCUT2D eigenvalue weighted by atomic mass is 9.89. The summed E-state index contributed by atoms with van der Waals surface area (Å²) in [5, 5.41) is 9.19. The highest BCUT2D eigenvalue weighted by molar-refractivity contribution is 9.10. The van der Waals surface area contributed by atoms with Crippen LogP contribution in [0.3, 0.4) is 0 Å². The quantitative estimate of drug-likeness (QED) is 0.714. The fraction of sp³-hybridized carbons (Fsp3) is 0.125. The summed E-state index contributed by atoms with van der Waals surface area (Å²) < 4.78 is 14.8. The molecule has 0 amide bonds. The molecule has 2 nitrogen and oxygen atoms in total. The van der Waals surface area contributed by atoms with E-state index in [9.17, 15) is 14.4 Å². The van der Waals surface area contributed by atoms with Gasteiger partial charge in [-0.2, -0.15) is 5.26 Å². The Hall–Kier alpha value is -1.70. The van der Waals surface area contributed by atoms with Crippen molar-refractivity contribution in [1.82, 2.24) is 0 Å². The van der Waals surface area contributed by atoms with E-state index in [1.165, 1.54) is 18.2 Å². The molecule has 0 aromatic heterocycles. The first-order valence-corrected chi connectivity index (χ1v) is 7.27. The molecule has 0 heterocycles. The lowest BCUT2D eigenvalue weighted by molar-refractivity contribution is 0.0977. The predicted octanol–water partition coefficient (Wildman–Crippen LogP) is 5.04. The Labute approximate surface area is 135 Å². The minimum absolute atomic E-state index is 0.00521. The average Bonchev–Trinajstić information content (AvgIpc) is 2.47. The van der Waals surface area contributed by atoms with E-state index in [0.717, 1.165) is 4.47 Å². The maximum atomic E-state index is 14.1. The van der Waals surface area contributed by atoms with Crippen LogP contribution >= 0.6 is 27.5 Å². The summed E-state index contributed by atoms with van der Waals surface area (Å²) in [5.41, 5.74) is 1.09. The normalized spacial score (nSPS) is 11.8. The second-order valence-corrected chi connectivity index (χ2v) is 5.74. The molecule has 0 saturated heterocycles. The van der Waals surface area contributed by atoms with Crippen LogP contribution in [0.2, 0.25) is 5.02 Å². The Morgan fingerprint density at radius 2 is 2.00 bits per heavy atom. The molecule has 0 bridgehead atoms. The van der Waals surface area contributed by atoms with Gasteiger partial charge in [-0.05, 0) is 24.6 Å². The SMILES string of the molecule is Cc1c(Br)cccc1C(=O)C(C#N)c1cccc(Cl)c1F. The molecule has 0 aliphatic carbocycles. The molecular weight excluding hydrogens is 357 g/mol. The van der Waals surface area contributed by atoms with Gasteiger partial charge in [0.2, 0.25) is 0 Å². The number of ketones is 1. The number of rotatable bonds is 3. The Morgan fingerprint density at radius 1 is 1.33 bits per heavy atom. The molecule has 0 aliphatic rings. The van der Waals surface area contributed by atoms with Gasteiger partial charge in [0.05, 0.1) is 11.1 Å². The Kier molecular flexibility index (Phi) is 4.76. The monoisotopic (exact) mass is 365 g/mol. The van der Waals surface area contributed by atoms with Gasteiger partial charge in [0.1, 0.15) is 11.7 Å². The molecule has 5 heteroatoms. The Bertz CT molecular complexity index is 754. The van der Waals surface area contributed by atoms with Crippen molar-refractivity contribution >= 4 is 33.3 Å². The van der Waals surface area contributed by atoms with Gasteiger partial charge in [-0.15, -0.1) is 0 Å². The molecule has 0 radical (unpaired) electrons. The summed E-state index contributed by atoms with van der Waals surface area (Å²) in [6, 6.07) is 11.3. The summed E-state index contributed by atoms with van der Waals surface area (Å²) in [4.78, 5) is 12.6.